The van der Waals surface area contributed by atoms with Crippen molar-refractivity contribution in [1.82, 2.24) is 9.55 Å². The third kappa shape index (κ3) is 4.40. The molecule has 1 saturated heterocycles. The van der Waals surface area contributed by atoms with Crippen molar-refractivity contribution in [2.45, 2.75) is 30.3 Å². The molecule has 5 nitrogen and oxygen atoms in total. The first-order valence-electron chi connectivity index (χ1n) is 12.9. The first-order chi connectivity index (χ1) is 18.7. The minimum absolute atomic E-state index is 0.306. The third-order valence-corrected chi connectivity index (χ3v) is 8.08. The van der Waals surface area contributed by atoms with Gasteiger partial charge in [-0.05, 0) is 39.9 Å². The molecular formula is C32H30N2O3S. The maximum Gasteiger partial charge on any atom is 0.157 e. The Morgan fingerprint density at radius 2 is 1.34 bits per heavy atom. The molecular weight excluding hydrogens is 492 g/mol. The molecule has 6 heteroatoms. The molecule has 1 atom stereocenters. The van der Waals surface area contributed by atoms with E-state index in [9.17, 15) is 5.11 Å². The van der Waals surface area contributed by atoms with E-state index in [1.165, 1.54) is 0 Å². The van der Waals surface area contributed by atoms with Crippen LogP contribution in [0.4, 0.5) is 0 Å². The number of ether oxygens (including phenoxy) is 2. The van der Waals surface area contributed by atoms with Crippen LogP contribution in [-0.2, 0) is 20.6 Å². The van der Waals surface area contributed by atoms with Gasteiger partial charge in [-0.3, -0.25) is 0 Å². The van der Waals surface area contributed by atoms with Crippen LogP contribution in [-0.4, -0.2) is 34.2 Å². The largest absolute Gasteiger partial charge is 0.379 e. The Bertz CT molecular complexity index is 1340. The number of benzene rings is 3. The number of aromatic nitrogens is 2. The lowest BCUT2D eigenvalue weighted by molar-refractivity contribution is -0.0625. The van der Waals surface area contributed by atoms with Crippen molar-refractivity contribution < 1.29 is 14.6 Å². The van der Waals surface area contributed by atoms with Gasteiger partial charge in [0.25, 0.3) is 0 Å². The van der Waals surface area contributed by atoms with Crippen molar-refractivity contribution in [1.29, 1.82) is 0 Å². The average Bonchev–Trinajstić information content (AvgIpc) is 3.78. The average molecular weight is 523 g/mol. The van der Waals surface area contributed by atoms with E-state index in [1.807, 2.05) is 47.5 Å². The fourth-order valence-electron chi connectivity index (χ4n) is 5.53. The van der Waals surface area contributed by atoms with Gasteiger partial charge in [0, 0.05) is 18.2 Å². The lowest BCUT2D eigenvalue weighted by atomic mass is 9.76. The topological polar surface area (TPSA) is 56.5 Å². The normalized spacial score (nSPS) is 15.9. The molecule has 1 aliphatic heterocycles. The smallest absolute Gasteiger partial charge is 0.157 e. The Kier molecular flexibility index (Phi) is 6.96. The van der Waals surface area contributed by atoms with Gasteiger partial charge >= 0.3 is 0 Å². The summed E-state index contributed by atoms with van der Waals surface area (Å²) in [5, 5.41) is 16.2. The Labute approximate surface area is 227 Å². The molecule has 0 bridgehead atoms. The van der Waals surface area contributed by atoms with E-state index in [1.54, 1.807) is 11.3 Å². The van der Waals surface area contributed by atoms with Gasteiger partial charge in [0.2, 0.25) is 0 Å². The Balaban J connectivity index is 1.52. The first kappa shape index (κ1) is 24.8. The van der Waals surface area contributed by atoms with Crippen molar-refractivity contribution in [3.05, 3.63) is 148 Å². The molecule has 3 heterocycles. The molecule has 0 amide bonds. The maximum absolute atomic E-state index is 12.2. The zero-order chi connectivity index (χ0) is 25.8. The van der Waals surface area contributed by atoms with Crippen molar-refractivity contribution in [2.24, 2.45) is 0 Å². The van der Waals surface area contributed by atoms with Crippen LogP contribution in [0.3, 0.4) is 0 Å². The Morgan fingerprint density at radius 3 is 1.84 bits per heavy atom. The monoisotopic (exact) mass is 522 g/mol. The molecule has 38 heavy (non-hydrogen) atoms. The summed E-state index contributed by atoms with van der Waals surface area (Å²) in [6.07, 6.45) is 4.55. The standard InChI is InChI=1S/C32H30N2O3S/c35-31(28-17-21-38-23-28,18-16-30-36-19-20-37-30)29-22-34(24-33-29)32(25-10-4-1-5-11-25,26-12-6-2-7-13-26)27-14-8-3-9-15-27/h1-15,17,21-24,30,35H,16,18-20H2. The van der Waals surface area contributed by atoms with Crippen LogP contribution < -0.4 is 0 Å². The lowest BCUT2D eigenvalue weighted by Crippen LogP contribution is -2.37. The zero-order valence-corrected chi connectivity index (χ0v) is 21.8. The number of aliphatic hydroxyl groups is 1. The molecule has 0 radical (unpaired) electrons. The van der Waals surface area contributed by atoms with Crippen LogP contribution in [0, 0.1) is 0 Å². The van der Waals surface area contributed by atoms with Gasteiger partial charge in [0.15, 0.2) is 6.29 Å². The molecule has 1 fully saturated rings. The van der Waals surface area contributed by atoms with E-state index < -0.39 is 11.1 Å². The first-order valence-corrected chi connectivity index (χ1v) is 13.9. The van der Waals surface area contributed by atoms with Gasteiger partial charge in [-0.15, -0.1) is 0 Å². The molecule has 2 aromatic heterocycles. The fourth-order valence-corrected chi connectivity index (χ4v) is 6.25. The second-order valence-corrected chi connectivity index (χ2v) is 10.3. The van der Waals surface area contributed by atoms with Crippen LogP contribution in [0.5, 0.6) is 0 Å². The molecule has 0 spiro atoms. The SMILES string of the molecule is OC(CCC1OCCO1)(c1ccsc1)c1cn(C(c2ccccc2)(c2ccccc2)c2ccccc2)cn1. The lowest BCUT2D eigenvalue weighted by Gasteiger charge is -2.37. The molecule has 1 aliphatic rings. The number of hydrogen-bond acceptors (Lipinski definition) is 5. The zero-order valence-electron chi connectivity index (χ0n) is 21.0. The van der Waals surface area contributed by atoms with Gasteiger partial charge in [-0.25, -0.2) is 4.98 Å². The Hall–Kier alpha value is -3.55. The van der Waals surface area contributed by atoms with Crippen molar-refractivity contribution >= 4 is 11.3 Å². The van der Waals surface area contributed by atoms with Gasteiger partial charge < -0.3 is 19.1 Å². The van der Waals surface area contributed by atoms with Crippen LogP contribution in [0.1, 0.15) is 40.8 Å². The molecule has 0 aliphatic carbocycles. The highest BCUT2D eigenvalue weighted by Crippen LogP contribution is 2.43. The molecule has 1 N–H and O–H groups in total. The fraction of sp³-hybridized carbons (Fsp3) is 0.219. The summed E-state index contributed by atoms with van der Waals surface area (Å²) in [5.41, 5.74) is 2.77. The highest BCUT2D eigenvalue weighted by molar-refractivity contribution is 7.08. The molecule has 192 valence electrons. The van der Waals surface area contributed by atoms with Gasteiger partial charge in [0.05, 0.1) is 25.2 Å². The molecule has 3 aromatic carbocycles. The van der Waals surface area contributed by atoms with Crippen LogP contribution >= 0.6 is 11.3 Å². The second kappa shape index (κ2) is 10.7. The predicted octanol–water partition coefficient (Wildman–Crippen LogP) is 6.17. The van der Waals surface area contributed by atoms with E-state index in [4.69, 9.17) is 14.5 Å². The predicted molar refractivity (Wildman–Crippen MR) is 149 cm³/mol. The number of hydrogen-bond donors (Lipinski definition) is 1. The van der Waals surface area contributed by atoms with Crippen LogP contribution in [0.15, 0.2) is 120 Å². The summed E-state index contributed by atoms with van der Waals surface area (Å²) < 4.78 is 13.5. The summed E-state index contributed by atoms with van der Waals surface area (Å²) in [5.74, 6) is 0. The van der Waals surface area contributed by atoms with E-state index >= 15 is 0 Å². The van der Waals surface area contributed by atoms with E-state index in [0.29, 0.717) is 31.7 Å². The molecule has 1 unspecified atom stereocenters. The minimum atomic E-state index is -1.28. The third-order valence-electron chi connectivity index (χ3n) is 7.40. The van der Waals surface area contributed by atoms with Crippen molar-refractivity contribution in [3.63, 3.8) is 0 Å². The quantitative estimate of drug-likeness (QED) is 0.235. The summed E-state index contributed by atoms with van der Waals surface area (Å²) in [4.78, 5) is 4.87. The molecule has 5 aromatic rings. The van der Waals surface area contributed by atoms with Crippen LogP contribution in [0.2, 0.25) is 0 Å². The van der Waals surface area contributed by atoms with Crippen molar-refractivity contribution in [3.8, 4) is 0 Å². The number of imidazole rings is 1. The van der Waals surface area contributed by atoms with Gasteiger partial charge in [-0.2, -0.15) is 11.3 Å². The van der Waals surface area contributed by atoms with E-state index in [-0.39, 0.29) is 6.29 Å². The summed E-state index contributed by atoms with van der Waals surface area (Å²) in [6.45, 7) is 1.17. The van der Waals surface area contributed by atoms with Crippen molar-refractivity contribution in [2.75, 3.05) is 13.2 Å². The molecule has 0 saturated carbocycles. The Morgan fingerprint density at radius 1 is 0.789 bits per heavy atom. The minimum Gasteiger partial charge on any atom is -0.379 e. The van der Waals surface area contributed by atoms with Gasteiger partial charge in [-0.1, -0.05) is 91.0 Å². The van der Waals surface area contributed by atoms with E-state index in [2.05, 4.69) is 77.4 Å². The highest BCUT2D eigenvalue weighted by atomic mass is 32.1. The summed E-state index contributed by atoms with van der Waals surface area (Å²) in [7, 11) is 0. The number of nitrogens with zero attached hydrogens (tertiary/aromatic N) is 2. The summed E-state index contributed by atoms with van der Waals surface area (Å²) in [6, 6.07) is 33.4. The number of rotatable bonds is 9. The van der Waals surface area contributed by atoms with Crippen LogP contribution in [0.25, 0.3) is 0 Å². The number of thiophene rings is 1. The second-order valence-electron chi connectivity index (χ2n) is 9.56. The summed E-state index contributed by atoms with van der Waals surface area (Å²) >= 11 is 1.57. The highest BCUT2D eigenvalue weighted by Gasteiger charge is 2.41. The van der Waals surface area contributed by atoms with E-state index in [0.717, 1.165) is 22.3 Å². The molecule has 6 rings (SSSR count). The maximum atomic E-state index is 12.2. The van der Waals surface area contributed by atoms with Gasteiger partial charge in [0.1, 0.15) is 11.1 Å².